The summed E-state index contributed by atoms with van der Waals surface area (Å²) in [5.41, 5.74) is 0. The van der Waals surface area contributed by atoms with E-state index in [-0.39, 0.29) is 6.42 Å². The van der Waals surface area contributed by atoms with E-state index in [1.54, 1.807) is 6.92 Å². The van der Waals surface area contributed by atoms with Crippen LogP contribution in [0.4, 0.5) is 17.6 Å². The van der Waals surface area contributed by atoms with Crippen LogP contribution in [0.2, 0.25) is 0 Å². The Balaban J connectivity index is 4.47. The number of methoxy groups -OCH3 is 1. The summed E-state index contributed by atoms with van der Waals surface area (Å²) in [5, 5.41) is 0. The Morgan fingerprint density at radius 3 is 2.20 bits per heavy atom. The first-order valence-electron chi connectivity index (χ1n) is 4.27. The molecule has 0 heterocycles. The third kappa shape index (κ3) is 3.33. The molecule has 0 fully saturated rings. The third-order valence-corrected chi connectivity index (χ3v) is 1.59. The molecule has 90 valence electrons. The largest absolute Gasteiger partial charge is 0.464 e. The maximum atomic E-state index is 12.7. The lowest BCUT2D eigenvalue weighted by atomic mass is 10.3. The molecule has 0 spiro atoms. The van der Waals surface area contributed by atoms with E-state index in [1.807, 2.05) is 0 Å². The second-order valence-corrected chi connectivity index (χ2v) is 2.78. The molecule has 0 amide bonds. The zero-order chi connectivity index (χ0) is 12.1. The van der Waals surface area contributed by atoms with E-state index in [1.165, 1.54) is 0 Å². The molecule has 0 radical (unpaired) electrons. The Hall–Kier alpha value is -0.850. The van der Waals surface area contributed by atoms with Crippen LogP contribution in [0.5, 0.6) is 0 Å². The van der Waals surface area contributed by atoms with Gasteiger partial charge < -0.3 is 9.47 Å². The second-order valence-electron chi connectivity index (χ2n) is 2.78. The first-order chi connectivity index (χ1) is 6.79. The van der Waals surface area contributed by atoms with E-state index >= 15 is 0 Å². The molecule has 0 saturated carbocycles. The van der Waals surface area contributed by atoms with Gasteiger partial charge in [0.2, 0.25) is 0 Å². The number of esters is 1. The fourth-order valence-electron chi connectivity index (χ4n) is 0.682. The minimum atomic E-state index is -4.96. The molecule has 0 rings (SSSR count). The fourth-order valence-corrected chi connectivity index (χ4v) is 0.682. The van der Waals surface area contributed by atoms with Gasteiger partial charge in [-0.3, -0.25) is 0 Å². The van der Waals surface area contributed by atoms with Gasteiger partial charge in [0.05, 0.1) is 13.7 Å². The number of alkyl halides is 4. The summed E-state index contributed by atoms with van der Waals surface area (Å²) in [6.45, 7) is 1.13. The van der Waals surface area contributed by atoms with E-state index in [2.05, 4.69) is 9.47 Å². The van der Waals surface area contributed by atoms with Crippen LogP contribution in [0.3, 0.4) is 0 Å². The summed E-state index contributed by atoms with van der Waals surface area (Å²) in [6, 6.07) is 0. The smallest absolute Gasteiger partial charge is 0.431 e. The van der Waals surface area contributed by atoms with E-state index in [9.17, 15) is 22.4 Å². The Morgan fingerprint density at radius 2 is 1.80 bits per heavy atom. The molecule has 0 aromatic carbocycles. The number of hydrogen-bond acceptors (Lipinski definition) is 3. The predicted molar refractivity (Wildman–Crippen MR) is 42.8 cm³/mol. The second kappa shape index (κ2) is 5.29. The van der Waals surface area contributed by atoms with Crippen LogP contribution in [0.1, 0.15) is 19.8 Å². The summed E-state index contributed by atoms with van der Waals surface area (Å²) in [4.78, 5) is 10.4. The molecule has 7 heteroatoms. The normalized spacial score (nSPS) is 12.7. The van der Waals surface area contributed by atoms with Crippen molar-refractivity contribution in [3.05, 3.63) is 0 Å². The number of hydrogen-bond donors (Lipinski definition) is 0. The lowest BCUT2D eigenvalue weighted by Crippen LogP contribution is -2.49. The first kappa shape index (κ1) is 14.2. The van der Waals surface area contributed by atoms with Crippen molar-refractivity contribution in [2.75, 3.05) is 13.7 Å². The van der Waals surface area contributed by atoms with Crippen LogP contribution in [-0.4, -0.2) is 31.7 Å². The molecule has 0 aliphatic rings. The van der Waals surface area contributed by atoms with Gasteiger partial charge in [0, 0.05) is 0 Å². The van der Waals surface area contributed by atoms with Gasteiger partial charge in [0.15, 0.2) is 0 Å². The molecule has 0 atom stereocenters. The highest BCUT2D eigenvalue weighted by Gasteiger charge is 2.64. The zero-order valence-electron chi connectivity index (χ0n) is 8.36. The number of carbonyl (C=O) groups is 1. The van der Waals surface area contributed by atoms with Gasteiger partial charge in [-0.2, -0.15) is 17.6 Å². The maximum absolute atomic E-state index is 12.7. The van der Waals surface area contributed by atoms with Crippen molar-refractivity contribution in [1.82, 2.24) is 0 Å². The van der Waals surface area contributed by atoms with E-state index < -0.39 is 24.6 Å². The number of ether oxygens (including phenoxy) is 2. The Bertz CT molecular complexity index is 218. The standard InChI is InChI=1S/C8H12F4O3/c1-3-4-5-15-8(11,12)7(9,10)6(13)14-2/h3-5H2,1-2H3. The van der Waals surface area contributed by atoms with E-state index in [0.717, 1.165) is 0 Å². The van der Waals surface area contributed by atoms with Crippen LogP contribution in [0.25, 0.3) is 0 Å². The first-order valence-corrected chi connectivity index (χ1v) is 4.27. The molecule has 0 aliphatic carbocycles. The van der Waals surface area contributed by atoms with Crippen LogP contribution in [0, 0.1) is 0 Å². The van der Waals surface area contributed by atoms with Crippen LogP contribution in [-0.2, 0) is 14.3 Å². The number of halogens is 4. The van der Waals surface area contributed by atoms with Crippen molar-refractivity contribution < 1.29 is 31.8 Å². The average Bonchev–Trinajstić information content (AvgIpc) is 2.16. The van der Waals surface area contributed by atoms with Crippen LogP contribution < -0.4 is 0 Å². The number of rotatable bonds is 6. The quantitative estimate of drug-likeness (QED) is 0.400. The van der Waals surface area contributed by atoms with Gasteiger partial charge >= 0.3 is 18.0 Å². The van der Waals surface area contributed by atoms with E-state index in [4.69, 9.17) is 0 Å². The Labute approximate surface area is 84.3 Å². The molecule has 3 nitrogen and oxygen atoms in total. The Morgan fingerprint density at radius 1 is 1.27 bits per heavy atom. The molecule has 0 bridgehead atoms. The van der Waals surface area contributed by atoms with Crippen molar-refractivity contribution in [3.63, 3.8) is 0 Å². The maximum Gasteiger partial charge on any atom is 0.431 e. The van der Waals surface area contributed by atoms with Gasteiger partial charge in [0.25, 0.3) is 0 Å². The molecule has 0 aliphatic heterocycles. The van der Waals surface area contributed by atoms with Gasteiger partial charge in [-0.15, -0.1) is 0 Å². The Kier molecular flexibility index (Phi) is 4.99. The summed E-state index contributed by atoms with van der Waals surface area (Å²) in [7, 11) is 0.596. The molecule has 0 aromatic rings. The van der Waals surface area contributed by atoms with Gasteiger partial charge in [0.1, 0.15) is 0 Å². The van der Waals surface area contributed by atoms with Crippen molar-refractivity contribution in [2.45, 2.75) is 31.8 Å². The van der Waals surface area contributed by atoms with Crippen molar-refractivity contribution >= 4 is 5.97 Å². The highest BCUT2D eigenvalue weighted by atomic mass is 19.3. The molecule has 15 heavy (non-hydrogen) atoms. The minimum absolute atomic E-state index is 0.201. The zero-order valence-corrected chi connectivity index (χ0v) is 8.36. The minimum Gasteiger partial charge on any atom is -0.464 e. The van der Waals surface area contributed by atoms with Gasteiger partial charge in [-0.25, -0.2) is 4.79 Å². The van der Waals surface area contributed by atoms with Crippen LogP contribution >= 0.6 is 0 Å². The molecular weight excluding hydrogens is 220 g/mol. The topological polar surface area (TPSA) is 35.5 Å². The monoisotopic (exact) mass is 232 g/mol. The van der Waals surface area contributed by atoms with Crippen LogP contribution in [0.15, 0.2) is 0 Å². The van der Waals surface area contributed by atoms with Crippen molar-refractivity contribution in [3.8, 4) is 0 Å². The summed E-state index contributed by atoms with van der Waals surface area (Å²) in [6.07, 6.45) is -4.12. The van der Waals surface area contributed by atoms with E-state index in [0.29, 0.717) is 13.5 Å². The highest BCUT2D eigenvalue weighted by Crippen LogP contribution is 2.36. The summed E-state index contributed by atoms with van der Waals surface area (Å²) < 4.78 is 58.0. The molecule has 0 N–H and O–H groups in total. The fraction of sp³-hybridized carbons (Fsp3) is 0.875. The lowest BCUT2D eigenvalue weighted by molar-refractivity contribution is -0.339. The molecule has 0 aromatic heterocycles. The van der Waals surface area contributed by atoms with Crippen molar-refractivity contribution in [2.24, 2.45) is 0 Å². The molecule has 0 saturated heterocycles. The summed E-state index contributed by atoms with van der Waals surface area (Å²) in [5.74, 6) is -7.28. The van der Waals surface area contributed by atoms with Gasteiger partial charge in [-0.05, 0) is 6.42 Å². The number of unbranched alkanes of at least 4 members (excludes halogenated alkanes) is 1. The molecular formula is C8H12F4O3. The van der Waals surface area contributed by atoms with Crippen molar-refractivity contribution in [1.29, 1.82) is 0 Å². The highest BCUT2D eigenvalue weighted by molar-refractivity contribution is 5.78. The lowest BCUT2D eigenvalue weighted by Gasteiger charge is -2.23. The molecule has 0 unspecified atom stereocenters. The predicted octanol–water partition coefficient (Wildman–Crippen LogP) is 2.20. The third-order valence-electron chi connectivity index (χ3n) is 1.59. The summed E-state index contributed by atoms with van der Waals surface area (Å²) >= 11 is 0. The number of carbonyl (C=O) groups excluding carboxylic acids is 1. The average molecular weight is 232 g/mol. The van der Waals surface area contributed by atoms with Gasteiger partial charge in [-0.1, -0.05) is 13.3 Å². The SMILES string of the molecule is CCCCOC(F)(F)C(F)(F)C(=O)OC.